The van der Waals surface area contributed by atoms with E-state index in [0.29, 0.717) is 0 Å². The first-order valence-electron chi connectivity index (χ1n) is 2.78. The predicted octanol–water partition coefficient (Wildman–Crippen LogP) is -0.166. The molecule has 10 heavy (non-hydrogen) atoms. The number of alkyl halides is 1. The number of amides is 1. The lowest BCUT2D eigenvalue weighted by atomic mass is 10.5. The Morgan fingerprint density at radius 3 is 3.00 bits per heavy atom. The second-order valence-corrected chi connectivity index (χ2v) is 1.51. The largest absolute Gasteiger partial charge is 0.396 e. The van der Waals surface area contributed by atoms with Crippen molar-refractivity contribution in [1.29, 1.82) is 0 Å². The van der Waals surface area contributed by atoms with Crippen molar-refractivity contribution in [3.63, 3.8) is 0 Å². The van der Waals surface area contributed by atoms with Gasteiger partial charge in [-0.1, -0.05) is 5.16 Å². The Morgan fingerprint density at radius 1 is 1.80 bits per heavy atom. The molecule has 4 nitrogen and oxygen atoms in total. The van der Waals surface area contributed by atoms with Crippen molar-refractivity contribution in [2.45, 2.75) is 6.42 Å². The normalized spacial score (nSPS) is 10.1. The average Bonchev–Trinajstić information content (AvgIpc) is 1.87. The Balaban J connectivity index is 3.10. The van der Waals surface area contributed by atoms with Gasteiger partial charge in [0.1, 0.15) is 12.8 Å². The van der Waals surface area contributed by atoms with Gasteiger partial charge in [-0.05, 0) is 0 Å². The van der Waals surface area contributed by atoms with E-state index < -0.39 is 12.6 Å². The number of rotatable bonds is 5. The highest BCUT2D eigenvalue weighted by molar-refractivity contribution is 6.25. The van der Waals surface area contributed by atoms with Crippen molar-refractivity contribution in [1.82, 2.24) is 0 Å². The molecule has 2 N–H and O–H groups in total. The van der Waals surface area contributed by atoms with Crippen molar-refractivity contribution in [2.75, 3.05) is 13.3 Å². The zero-order chi connectivity index (χ0) is 7.82. The van der Waals surface area contributed by atoms with Crippen LogP contribution in [0.3, 0.4) is 0 Å². The molecule has 0 saturated heterocycles. The molecule has 0 bridgehead atoms. The minimum atomic E-state index is -0.680. The van der Waals surface area contributed by atoms with Crippen LogP contribution in [0.1, 0.15) is 6.42 Å². The summed E-state index contributed by atoms with van der Waals surface area (Å²) in [4.78, 5) is 14.4. The smallest absolute Gasteiger partial charge is 0.263 e. The van der Waals surface area contributed by atoms with Crippen LogP contribution in [0.4, 0.5) is 4.39 Å². The molecule has 5 heteroatoms. The van der Waals surface area contributed by atoms with Crippen LogP contribution in [0.25, 0.3) is 0 Å². The highest BCUT2D eigenvalue weighted by Crippen LogP contribution is 1.82. The summed E-state index contributed by atoms with van der Waals surface area (Å²) in [5, 5.41) is 3.14. The van der Waals surface area contributed by atoms with E-state index in [4.69, 9.17) is 0 Å². The Hall–Kier alpha value is -1.13. The third-order valence-corrected chi connectivity index (χ3v) is 0.624. The van der Waals surface area contributed by atoms with Gasteiger partial charge in [0.2, 0.25) is 0 Å². The molecule has 0 aliphatic heterocycles. The summed E-state index contributed by atoms with van der Waals surface area (Å²) in [6, 6.07) is 0. The standard InChI is InChI=1S/C5H9FN2O2/c6-2-1-3-10-8-4-5(7)9/h4H,1-3H2,(H2,7,9). The first-order valence-corrected chi connectivity index (χ1v) is 2.78. The van der Waals surface area contributed by atoms with Crippen LogP contribution in [-0.2, 0) is 9.63 Å². The number of hydrogen-bond acceptors (Lipinski definition) is 3. The Kier molecular flexibility index (Phi) is 5.32. The quantitative estimate of drug-likeness (QED) is 0.334. The molecule has 0 aromatic carbocycles. The fourth-order valence-corrected chi connectivity index (χ4v) is 0.261. The predicted molar refractivity (Wildman–Crippen MR) is 34.2 cm³/mol. The Labute approximate surface area is 57.8 Å². The van der Waals surface area contributed by atoms with E-state index in [9.17, 15) is 9.18 Å². The van der Waals surface area contributed by atoms with Gasteiger partial charge in [0.05, 0.1) is 6.67 Å². The molecule has 0 saturated carbocycles. The molecular formula is C5H9FN2O2. The Morgan fingerprint density at radius 2 is 2.50 bits per heavy atom. The molecule has 0 radical (unpaired) electrons. The van der Waals surface area contributed by atoms with Gasteiger partial charge in [-0.15, -0.1) is 0 Å². The summed E-state index contributed by atoms with van der Waals surface area (Å²) >= 11 is 0. The van der Waals surface area contributed by atoms with Crippen LogP contribution in [-0.4, -0.2) is 25.4 Å². The lowest BCUT2D eigenvalue weighted by Gasteiger charge is -1.92. The van der Waals surface area contributed by atoms with Crippen LogP contribution in [0, 0.1) is 0 Å². The van der Waals surface area contributed by atoms with E-state index in [-0.39, 0.29) is 13.0 Å². The minimum absolute atomic E-state index is 0.167. The molecule has 0 aliphatic rings. The molecule has 0 aromatic rings. The molecular weight excluding hydrogens is 139 g/mol. The SMILES string of the molecule is NC(=O)C=NOCCCF. The van der Waals surface area contributed by atoms with Crippen molar-refractivity contribution in [2.24, 2.45) is 10.9 Å². The number of nitrogens with zero attached hydrogens (tertiary/aromatic N) is 1. The molecule has 0 aliphatic carbocycles. The summed E-state index contributed by atoms with van der Waals surface area (Å²) in [7, 11) is 0. The van der Waals surface area contributed by atoms with Crippen LogP contribution in [0.2, 0.25) is 0 Å². The van der Waals surface area contributed by atoms with E-state index >= 15 is 0 Å². The van der Waals surface area contributed by atoms with Gasteiger partial charge in [-0.25, -0.2) is 0 Å². The summed E-state index contributed by atoms with van der Waals surface area (Å²) in [6.45, 7) is -0.285. The van der Waals surface area contributed by atoms with Crippen molar-refractivity contribution in [3.05, 3.63) is 0 Å². The molecule has 0 heterocycles. The number of nitrogens with two attached hydrogens (primary N) is 1. The summed E-state index contributed by atoms with van der Waals surface area (Å²) in [5.74, 6) is -0.680. The zero-order valence-corrected chi connectivity index (χ0v) is 5.42. The minimum Gasteiger partial charge on any atom is -0.396 e. The van der Waals surface area contributed by atoms with Gasteiger partial charge in [-0.2, -0.15) is 0 Å². The van der Waals surface area contributed by atoms with Gasteiger partial charge in [0.15, 0.2) is 0 Å². The zero-order valence-electron chi connectivity index (χ0n) is 5.42. The Bertz CT molecular complexity index is 127. The first-order chi connectivity index (χ1) is 4.77. The third-order valence-electron chi connectivity index (χ3n) is 0.624. The molecule has 0 aromatic heterocycles. The van der Waals surface area contributed by atoms with Gasteiger partial charge in [-0.3, -0.25) is 9.18 Å². The summed E-state index contributed by atoms with van der Waals surface area (Å²) in [5.41, 5.74) is 4.66. The maximum Gasteiger partial charge on any atom is 0.263 e. The average molecular weight is 148 g/mol. The molecule has 0 spiro atoms. The van der Waals surface area contributed by atoms with Gasteiger partial charge < -0.3 is 10.6 Å². The van der Waals surface area contributed by atoms with Gasteiger partial charge in [0, 0.05) is 6.42 Å². The summed E-state index contributed by atoms with van der Waals surface area (Å²) < 4.78 is 11.4. The van der Waals surface area contributed by atoms with E-state index in [1.54, 1.807) is 0 Å². The van der Waals surface area contributed by atoms with E-state index in [1.165, 1.54) is 0 Å². The maximum atomic E-state index is 11.4. The fourth-order valence-electron chi connectivity index (χ4n) is 0.261. The molecule has 0 unspecified atom stereocenters. The van der Waals surface area contributed by atoms with Crippen molar-refractivity contribution in [3.8, 4) is 0 Å². The highest BCUT2D eigenvalue weighted by Gasteiger charge is 1.85. The van der Waals surface area contributed by atoms with Gasteiger partial charge >= 0.3 is 0 Å². The van der Waals surface area contributed by atoms with Crippen LogP contribution in [0.5, 0.6) is 0 Å². The number of primary amides is 1. The van der Waals surface area contributed by atoms with Crippen molar-refractivity contribution < 1.29 is 14.0 Å². The molecule has 0 atom stereocenters. The van der Waals surface area contributed by atoms with Crippen molar-refractivity contribution >= 4 is 12.1 Å². The maximum absolute atomic E-state index is 11.4. The number of oxime groups is 1. The number of halogens is 1. The number of hydrogen-bond donors (Lipinski definition) is 1. The summed E-state index contributed by atoms with van der Waals surface area (Å²) in [6.07, 6.45) is 1.11. The lowest BCUT2D eigenvalue weighted by molar-refractivity contribution is -0.111. The molecule has 58 valence electrons. The van der Waals surface area contributed by atoms with Crippen LogP contribution >= 0.6 is 0 Å². The van der Waals surface area contributed by atoms with E-state index in [2.05, 4.69) is 15.7 Å². The van der Waals surface area contributed by atoms with E-state index in [0.717, 1.165) is 6.21 Å². The third kappa shape index (κ3) is 6.87. The first kappa shape index (κ1) is 8.87. The lowest BCUT2D eigenvalue weighted by Crippen LogP contribution is -2.11. The molecule has 1 amide bonds. The second kappa shape index (κ2) is 6.00. The fraction of sp³-hybridized carbons (Fsp3) is 0.600. The van der Waals surface area contributed by atoms with Gasteiger partial charge in [0.25, 0.3) is 5.91 Å². The number of carbonyl (C=O) groups is 1. The molecule has 0 rings (SSSR count). The monoisotopic (exact) mass is 148 g/mol. The topological polar surface area (TPSA) is 64.7 Å². The van der Waals surface area contributed by atoms with Crippen LogP contribution in [0.15, 0.2) is 5.16 Å². The van der Waals surface area contributed by atoms with Crippen LogP contribution < -0.4 is 5.73 Å². The highest BCUT2D eigenvalue weighted by atomic mass is 19.1. The molecule has 0 fully saturated rings. The second-order valence-electron chi connectivity index (χ2n) is 1.51. The van der Waals surface area contributed by atoms with E-state index in [1.807, 2.05) is 0 Å². The number of carbonyl (C=O) groups excluding carboxylic acids is 1.